The quantitative estimate of drug-likeness (QED) is 0.583. The summed E-state index contributed by atoms with van der Waals surface area (Å²) in [6.45, 7) is 1.52. The number of alkyl halides is 3. The molecule has 0 saturated carbocycles. The van der Waals surface area contributed by atoms with Gasteiger partial charge in [0, 0.05) is 12.6 Å². The number of likely N-dealkylation sites (tertiary alicyclic amines) is 1. The van der Waals surface area contributed by atoms with E-state index in [1.807, 2.05) is 17.4 Å². The van der Waals surface area contributed by atoms with Gasteiger partial charge >= 0.3 is 6.18 Å². The number of benzene rings is 1. The second kappa shape index (κ2) is 5.90. The van der Waals surface area contributed by atoms with Gasteiger partial charge in [-0.25, -0.2) is 0 Å². The van der Waals surface area contributed by atoms with Crippen LogP contribution in [0.15, 0.2) is 18.2 Å². The van der Waals surface area contributed by atoms with Gasteiger partial charge in [0.15, 0.2) is 0 Å². The van der Waals surface area contributed by atoms with Crippen LogP contribution >= 0.6 is 0 Å². The number of anilines is 1. The lowest BCUT2D eigenvalue weighted by atomic mass is 10.1. The summed E-state index contributed by atoms with van der Waals surface area (Å²) >= 11 is 0. The molecule has 0 radical (unpaired) electrons. The number of carbonyl (C=O) groups is 1. The number of nitrogens with zero attached hydrogens (tertiary/aromatic N) is 1. The smallest absolute Gasteiger partial charge is 0.348 e. The number of nitrogen functional groups attached to an aromatic ring is 1. The number of likely N-dealkylation sites (N-methyl/N-ethyl adjacent to an activating group) is 1. The van der Waals surface area contributed by atoms with E-state index in [1.54, 1.807) is 0 Å². The van der Waals surface area contributed by atoms with Gasteiger partial charge in [-0.1, -0.05) is 6.07 Å². The molecule has 5 nitrogen and oxygen atoms in total. The Kier molecular flexibility index (Phi) is 4.38. The van der Waals surface area contributed by atoms with Crippen LogP contribution in [0.5, 0.6) is 0 Å². The average Bonchev–Trinajstić information content (AvgIpc) is 2.82. The van der Waals surface area contributed by atoms with Crippen molar-refractivity contribution in [1.82, 2.24) is 10.2 Å². The molecule has 0 spiro atoms. The van der Waals surface area contributed by atoms with Crippen LogP contribution in [0.25, 0.3) is 0 Å². The third-order valence-electron chi connectivity index (χ3n) is 3.49. The number of carbonyl (C=O) groups excluding carboxylic acids is 1. The Balaban J connectivity index is 2.24. The summed E-state index contributed by atoms with van der Waals surface area (Å²) in [5, 5.41) is 2.74. The summed E-state index contributed by atoms with van der Waals surface area (Å²) < 4.78 is 38.7. The molecular weight excluding hydrogens is 285 g/mol. The third kappa shape index (κ3) is 3.45. The molecule has 0 aliphatic carbocycles. The Bertz CT molecular complexity index is 533. The number of hydrogen-bond acceptors (Lipinski definition) is 4. The van der Waals surface area contributed by atoms with Gasteiger partial charge in [0.2, 0.25) is 0 Å². The molecule has 1 heterocycles. The SMILES string of the molecule is CN1CCC(NC(=O)c2cccc(C(F)(F)F)c2NN)C1. The molecule has 8 heteroatoms. The van der Waals surface area contributed by atoms with E-state index in [4.69, 9.17) is 5.84 Å². The number of nitrogens with two attached hydrogens (primary N) is 1. The highest BCUT2D eigenvalue weighted by molar-refractivity contribution is 6.00. The number of nitrogens with one attached hydrogen (secondary N) is 2. The van der Waals surface area contributed by atoms with Crippen LogP contribution in [0.4, 0.5) is 18.9 Å². The van der Waals surface area contributed by atoms with Crippen LogP contribution in [0.1, 0.15) is 22.3 Å². The van der Waals surface area contributed by atoms with Crippen molar-refractivity contribution in [2.24, 2.45) is 5.84 Å². The number of amides is 1. The molecule has 1 unspecified atom stereocenters. The van der Waals surface area contributed by atoms with Gasteiger partial charge in [0.25, 0.3) is 5.91 Å². The van der Waals surface area contributed by atoms with Gasteiger partial charge < -0.3 is 15.6 Å². The monoisotopic (exact) mass is 302 g/mol. The molecule has 1 fully saturated rings. The first-order chi connectivity index (χ1) is 9.82. The van der Waals surface area contributed by atoms with Crippen LogP contribution in [-0.2, 0) is 6.18 Å². The van der Waals surface area contributed by atoms with Gasteiger partial charge in [0.05, 0.1) is 16.8 Å². The van der Waals surface area contributed by atoms with Gasteiger partial charge in [-0.3, -0.25) is 10.6 Å². The van der Waals surface area contributed by atoms with Crippen LogP contribution in [0, 0.1) is 0 Å². The minimum absolute atomic E-state index is 0.0670. The van der Waals surface area contributed by atoms with E-state index in [0.717, 1.165) is 19.0 Å². The van der Waals surface area contributed by atoms with Gasteiger partial charge in [-0.2, -0.15) is 13.2 Å². The minimum Gasteiger partial charge on any atom is -0.348 e. The van der Waals surface area contributed by atoms with E-state index < -0.39 is 23.3 Å². The van der Waals surface area contributed by atoms with Gasteiger partial charge in [-0.05, 0) is 32.1 Å². The molecule has 1 aliphatic rings. The standard InChI is InChI=1S/C13H17F3N4O/c1-20-6-5-8(7-20)18-12(21)9-3-2-4-10(11(9)19-17)13(14,15)16/h2-4,8,19H,5-7,17H2,1H3,(H,18,21). The fraction of sp³-hybridized carbons (Fsp3) is 0.462. The topological polar surface area (TPSA) is 70.4 Å². The van der Waals surface area contributed by atoms with Crippen molar-refractivity contribution in [1.29, 1.82) is 0 Å². The molecule has 116 valence electrons. The summed E-state index contributed by atoms with van der Waals surface area (Å²) in [7, 11) is 1.92. The number of hydrazine groups is 1. The zero-order chi connectivity index (χ0) is 15.6. The maximum atomic E-state index is 12.9. The number of hydrogen-bond donors (Lipinski definition) is 3. The Morgan fingerprint density at radius 1 is 1.43 bits per heavy atom. The molecule has 2 rings (SSSR count). The number of halogens is 3. The van der Waals surface area contributed by atoms with E-state index in [1.165, 1.54) is 12.1 Å². The van der Waals surface area contributed by atoms with E-state index in [9.17, 15) is 18.0 Å². The molecule has 1 atom stereocenters. The first-order valence-corrected chi connectivity index (χ1v) is 6.49. The van der Waals surface area contributed by atoms with Crippen molar-refractivity contribution >= 4 is 11.6 Å². The highest BCUT2D eigenvalue weighted by atomic mass is 19.4. The Hall–Kier alpha value is -1.80. The van der Waals surface area contributed by atoms with Crippen molar-refractivity contribution < 1.29 is 18.0 Å². The lowest BCUT2D eigenvalue weighted by Crippen LogP contribution is -2.37. The lowest BCUT2D eigenvalue weighted by molar-refractivity contribution is -0.137. The molecule has 0 bridgehead atoms. The summed E-state index contributed by atoms with van der Waals surface area (Å²) in [6.07, 6.45) is -3.81. The van der Waals surface area contributed by atoms with E-state index in [-0.39, 0.29) is 11.6 Å². The van der Waals surface area contributed by atoms with E-state index in [2.05, 4.69) is 5.32 Å². The van der Waals surface area contributed by atoms with Crippen LogP contribution in [-0.4, -0.2) is 37.0 Å². The first kappa shape index (κ1) is 15.6. The second-order valence-corrected chi connectivity index (χ2v) is 5.09. The Morgan fingerprint density at radius 3 is 2.67 bits per heavy atom. The molecule has 0 aromatic heterocycles. The van der Waals surface area contributed by atoms with Crippen LogP contribution in [0.2, 0.25) is 0 Å². The number of para-hydroxylation sites is 1. The molecule has 1 aromatic rings. The van der Waals surface area contributed by atoms with Crippen LogP contribution < -0.4 is 16.6 Å². The van der Waals surface area contributed by atoms with Crippen molar-refractivity contribution in [2.45, 2.75) is 18.6 Å². The van der Waals surface area contributed by atoms with Crippen molar-refractivity contribution in [2.75, 3.05) is 25.6 Å². The summed E-state index contributed by atoms with van der Waals surface area (Å²) in [5.74, 6) is 4.62. The van der Waals surface area contributed by atoms with E-state index >= 15 is 0 Å². The zero-order valence-electron chi connectivity index (χ0n) is 11.5. The van der Waals surface area contributed by atoms with Crippen molar-refractivity contribution in [3.05, 3.63) is 29.3 Å². The Morgan fingerprint density at radius 2 is 2.14 bits per heavy atom. The molecule has 1 saturated heterocycles. The fourth-order valence-electron chi connectivity index (χ4n) is 2.45. The summed E-state index contributed by atoms with van der Waals surface area (Å²) in [6, 6.07) is 3.33. The number of rotatable bonds is 3. The predicted octanol–water partition coefficient (Wildman–Crippen LogP) is 1.42. The maximum absolute atomic E-state index is 12.9. The highest BCUT2D eigenvalue weighted by Gasteiger charge is 2.35. The molecule has 1 aliphatic heterocycles. The van der Waals surface area contributed by atoms with Gasteiger partial charge in [0.1, 0.15) is 0 Å². The highest BCUT2D eigenvalue weighted by Crippen LogP contribution is 2.36. The van der Waals surface area contributed by atoms with Crippen molar-refractivity contribution in [3.63, 3.8) is 0 Å². The molecule has 21 heavy (non-hydrogen) atoms. The molecular formula is C13H17F3N4O. The van der Waals surface area contributed by atoms with E-state index in [0.29, 0.717) is 6.54 Å². The Labute approximate surface area is 120 Å². The fourth-order valence-corrected chi connectivity index (χ4v) is 2.45. The molecule has 1 aromatic carbocycles. The second-order valence-electron chi connectivity index (χ2n) is 5.09. The third-order valence-corrected chi connectivity index (χ3v) is 3.49. The summed E-state index contributed by atoms with van der Waals surface area (Å²) in [4.78, 5) is 14.2. The first-order valence-electron chi connectivity index (χ1n) is 6.49. The average molecular weight is 302 g/mol. The largest absolute Gasteiger partial charge is 0.418 e. The van der Waals surface area contributed by atoms with Gasteiger partial charge in [-0.15, -0.1) is 0 Å². The summed E-state index contributed by atoms with van der Waals surface area (Å²) in [5.41, 5.74) is 0.519. The predicted molar refractivity (Wildman–Crippen MR) is 72.6 cm³/mol. The lowest BCUT2D eigenvalue weighted by Gasteiger charge is -2.18. The minimum atomic E-state index is -4.58. The normalized spacial score (nSPS) is 19.6. The maximum Gasteiger partial charge on any atom is 0.418 e. The molecule has 4 N–H and O–H groups in total. The molecule has 1 amide bonds. The zero-order valence-corrected chi connectivity index (χ0v) is 11.5. The van der Waals surface area contributed by atoms with Crippen LogP contribution in [0.3, 0.4) is 0 Å². The van der Waals surface area contributed by atoms with Crippen molar-refractivity contribution in [3.8, 4) is 0 Å².